The third kappa shape index (κ3) is 4.59. The molecule has 1 N–H and O–H groups in total. The summed E-state index contributed by atoms with van der Waals surface area (Å²) in [5, 5.41) is 9.18. The second kappa shape index (κ2) is 10.2. The second-order valence-electron chi connectivity index (χ2n) is 8.44. The summed E-state index contributed by atoms with van der Waals surface area (Å²) >= 11 is 0. The summed E-state index contributed by atoms with van der Waals surface area (Å²) in [4.78, 5) is 31.1. The first-order chi connectivity index (χ1) is 16.4. The van der Waals surface area contributed by atoms with E-state index in [0.717, 1.165) is 16.8 Å². The van der Waals surface area contributed by atoms with Crippen molar-refractivity contribution in [3.05, 3.63) is 91.9 Å². The van der Waals surface area contributed by atoms with Gasteiger partial charge in [-0.3, -0.25) is 13.9 Å². The Balaban J connectivity index is 1.89. The number of aliphatic hydroxyl groups is 1. The largest absolute Gasteiger partial charge is 0.496 e. The van der Waals surface area contributed by atoms with Gasteiger partial charge in [-0.15, -0.1) is 0 Å². The van der Waals surface area contributed by atoms with Gasteiger partial charge in [-0.05, 0) is 55.5 Å². The Labute approximate surface area is 196 Å². The molecule has 0 saturated heterocycles. The van der Waals surface area contributed by atoms with Crippen LogP contribution in [-0.2, 0) is 26.4 Å². The van der Waals surface area contributed by atoms with E-state index in [4.69, 9.17) is 9.73 Å². The summed E-state index contributed by atoms with van der Waals surface area (Å²) in [6.45, 7) is 0.0416. The summed E-state index contributed by atoms with van der Waals surface area (Å²) in [7, 11) is 3.20. The van der Waals surface area contributed by atoms with Crippen LogP contribution in [-0.4, -0.2) is 33.7 Å². The molecule has 8 heteroatoms. The average molecular weight is 466 g/mol. The van der Waals surface area contributed by atoms with E-state index >= 15 is 0 Å². The minimum Gasteiger partial charge on any atom is -0.496 e. The molecule has 0 aliphatic carbocycles. The van der Waals surface area contributed by atoms with E-state index in [-0.39, 0.29) is 30.4 Å². The van der Waals surface area contributed by atoms with Crippen LogP contribution in [0.1, 0.15) is 29.5 Å². The zero-order valence-corrected chi connectivity index (χ0v) is 19.3. The lowest BCUT2D eigenvalue weighted by Gasteiger charge is -2.20. The minimum absolute atomic E-state index is 0.0884. The summed E-state index contributed by atoms with van der Waals surface area (Å²) in [6, 6.07) is 13.9. The highest BCUT2D eigenvalue weighted by Crippen LogP contribution is 2.32. The SMILES string of the molecule is COc1ccccc1C1=Nc2c(c(=O)n(CCCO)c(=O)n2C)CCC1Cc1ccc(F)cc1. The number of hydrogen-bond acceptors (Lipinski definition) is 5. The quantitative estimate of drug-likeness (QED) is 0.581. The Hall–Kier alpha value is -3.52. The molecule has 0 radical (unpaired) electrons. The van der Waals surface area contributed by atoms with Gasteiger partial charge in [0.15, 0.2) is 0 Å². The molecule has 3 aromatic rings. The van der Waals surface area contributed by atoms with Crippen molar-refractivity contribution in [1.82, 2.24) is 9.13 Å². The lowest BCUT2D eigenvalue weighted by atomic mass is 9.86. The molecule has 34 heavy (non-hydrogen) atoms. The maximum atomic E-state index is 13.5. The minimum atomic E-state index is -0.461. The van der Waals surface area contributed by atoms with E-state index in [1.807, 2.05) is 24.3 Å². The van der Waals surface area contributed by atoms with Gasteiger partial charge in [-0.1, -0.05) is 24.3 Å². The Kier molecular flexibility index (Phi) is 7.07. The average Bonchev–Trinajstić information content (AvgIpc) is 3.04. The predicted octanol–water partition coefficient (Wildman–Crippen LogP) is 3.00. The molecule has 4 rings (SSSR count). The predicted molar refractivity (Wildman–Crippen MR) is 129 cm³/mol. The van der Waals surface area contributed by atoms with Crippen LogP contribution in [0.25, 0.3) is 0 Å². The molecule has 0 spiro atoms. The molecule has 0 bridgehead atoms. The van der Waals surface area contributed by atoms with Crippen LogP contribution >= 0.6 is 0 Å². The van der Waals surface area contributed by atoms with Gasteiger partial charge in [-0.2, -0.15) is 0 Å². The number of aromatic nitrogens is 2. The number of para-hydroxylation sites is 1. The van der Waals surface area contributed by atoms with Gasteiger partial charge in [0.1, 0.15) is 17.4 Å². The van der Waals surface area contributed by atoms with Crippen molar-refractivity contribution in [2.24, 2.45) is 18.0 Å². The van der Waals surface area contributed by atoms with Crippen molar-refractivity contribution < 1.29 is 14.2 Å². The molecule has 1 aliphatic heterocycles. The normalized spacial score (nSPS) is 15.4. The third-order valence-electron chi connectivity index (χ3n) is 6.28. The fourth-order valence-corrected chi connectivity index (χ4v) is 4.51. The maximum absolute atomic E-state index is 13.5. The van der Waals surface area contributed by atoms with E-state index in [2.05, 4.69) is 0 Å². The number of methoxy groups -OCH3 is 1. The number of hydrogen-bond donors (Lipinski definition) is 1. The Bertz CT molecular complexity index is 1330. The van der Waals surface area contributed by atoms with Gasteiger partial charge in [0, 0.05) is 31.7 Å². The first kappa shape index (κ1) is 23.6. The molecule has 0 fully saturated rings. The Morgan fingerprint density at radius 3 is 2.59 bits per heavy atom. The maximum Gasteiger partial charge on any atom is 0.332 e. The highest BCUT2D eigenvalue weighted by Gasteiger charge is 2.28. The highest BCUT2D eigenvalue weighted by atomic mass is 19.1. The Morgan fingerprint density at radius 1 is 1.15 bits per heavy atom. The molecule has 2 heterocycles. The van der Waals surface area contributed by atoms with Crippen LogP contribution in [0.15, 0.2) is 63.1 Å². The van der Waals surface area contributed by atoms with Gasteiger partial charge >= 0.3 is 5.69 Å². The lowest BCUT2D eigenvalue weighted by Crippen LogP contribution is -2.41. The monoisotopic (exact) mass is 465 g/mol. The van der Waals surface area contributed by atoms with Crippen LogP contribution in [0, 0.1) is 11.7 Å². The number of aliphatic hydroxyl groups excluding tert-OH is 1. The zero-order valence-electron chi connectivity index (χ0n) is 19.3. The van der Waals surface area contributed by atoms with Crippen LogP contribution in [0.3, 0.4) is 0 Å². The summed E-state index contributed by atoms with van der Waals surface area (Å²) in [5.41, 5.74) is 2.13. The fraction of sp³-hybridized carbons (Fsp3) is 0.346. The van der Waals surface area contributed by atoms with Crippen LogP contribution in [0.4, 0.5) is 10.2 Å². The van der Waals surface area contributed by atoms with Gasteiger partial charge in [0.2, 0.25) is 0 Å². The molecule has 178 valence electrons. The van der Waals surface area contributed by atoms with E-state index in [1.165, 1.54) is 21.3 Å². The highest BCUT2D eigenvalue weighted by molar-refractivity contribution is 6.06. The van der Waals surface area contributed by atoms with Crippen molar-refractivity contribution in [2.75, 3.05) is 13.7 Å². The van der Waals surface area contributed by atoms with E-state index in [0.29, 0.717) is 42.8 Å². The molecule has 0 amide bonds. The third-order valence-corrected chi connectivity index (χ3v) is 6.28. The van der Waals surface area contributed by atoms with Gasteiger partial charge in [0.25, 0.3) is 5.56 Å². The van der Waals surface area contributed by atoms with Crippen LogP contribution in [0.2, 0.25) is 0 Å². The molecule has 0 saturated carbocycles. The molecular formula is C26H28FN3O4. The van der Waals surface area contributed by atoms with Gasteiger partial charge in [0.05, 0.1) is 18.4 Å². The van der Waals surface area contributed by atoms with Gasteiger partial charge < -0.3 is 9.84 Å². The number of rotatable bonds is 7. The van der Waals surface area contributed by atoms with Crippen LogP contribution in [0.5, 0.6) is 5.75 Å². The topological polar surface area (TPSA) is 85.8 Å². The standard InChI is InChI=1S/C26H28FN3O4/c1-29-24-21(25(32)30(26(29)33)14-5-15-31)13-10-18(16-17-8-11-19(27)12-9-17)23(28-24)20-6-3-4-7-22(20)34-2/h3-4,6-9,11-12,18,31H,5,10,13-16H2,1-2H3. The molecule has 7 nitrogen and oxygen atoms in total. The van der Waals surface area contributed by atoms with Crippen molar-refractivity contribution in [3.8, 4) is 5.75 Å². The molecule has 1 aromatic heterocycles. The van der Waals surface area contributed by atoms with Crippen LogP contribution < -0.4 is 16.0 Å². The molecule has 1 atom stereocenters. The molecule has 1 unspecified atom stereocenters. The molecular weight excluding hydrogens is 437 g/mol. The van der Waals surface area contributed by atoms with E-state index < -0.39 is 5.69 Å². The summed E-state index contributed by atoms with van der Waals surface area (Å²) in [6.07, 6.45) is 1.97. The smallest absolute Gasteiger partial charge is 0.332 e. The van der Waals surface area contributed by atoms with E-state index in [9.17, 15) is 19.1 Å². The number of nitrogens with zero attached hydrogens (tertiary/aromatic N) is 3. The number of ether oxygens (including phenoxy) is 1. The lowest BCUT2D eigenvalue weighted by molar-refractivity contribution is 0.277. The zero-order chi connectivity index (χ0) is 24.2. The molecule has 2 aromatic carbocycles. The van der Waals surface area contributed by atoms with E-state index in [1.54, 1.807) is 26.3 Å². The fourth-order valence-electron chi connectivity index (χ4n) is 4.51. The van der Waals surface area contributed by atoms with Crippen molar-refractivity contribution in [2.45, 2.75) is 32.2 Å². The number of halogens is 1. The Morgan fingerprint density at radius 2 is 1.88 bits per heavy atom. The number of fused-ring (bicyclic) bond motifs is 1. The second-order valence-corrected chi connectivity index (χ2v) is 8.44. The molecule has 1 aliphatic rings. The summed E-state index contributed by atoms with van der Waals surface area (Å²) < 4.78 is 21.7. The first-order valence-electron chi connectivity index (χ1n) is 11.3. The van der Waals surface area contributed by atoms with Gasteiger partial charge in [-0.25, -0.2) is 14.2 Å². The van der Waals surface area contributed by atoms with Crippen molar-refractivity contribution in [1.29, 1.82) is 0 Å². The number of aliphatic imine (C=N–C) groups is 1. The van der Waals surface area contributed by atoms with Crippen molar-refractivity contribution >= 4 is 11.5 Å². The number of benzene rings is 2. The first-order valence-corrected chi connectivity index (χ1v) is 11.3. The van der Waals surface area contributed by atoms with Crippen molar-refractivity contribution in [3.63, 3.8) is 0 Å². The summed E-state index contributed by atoms with van der Waals surface area (Å²) in [5.74, 6) is 0.608.